The fourth-order valence-electron chi connectivity index (χ4n) is 2.79. The number of rotatable bonds is 6. The monoisotopic (exact) mass is 429 g/mol. The van der Waals surface area contributed by atoms with E-state index in [2.05, 4.69) is 15.9 Å². The van der Waals surface area contributed by atoms with Gasteiger partial charge in [-0.05, 0) is 49.4 Å². The van der Waals surface area contributed by atoms with Crippen LogP contribution < -0.4 is 0 Å². The second kappa shape index (κ2) is 8.00. The third-order valence-electron chi connectivity index (χ3n) is 4.34. The highest BCUT2D eigenvalue weighted by molar-refractivity contribution is 9.10. The Morgan fingerprint density at radius 2 is 1.79 bits per heavy atom. The highest BCUT2D eigenvalue weighted by Gasteiger charge is 2.38. The average molecular weight is 431 g/mol. The van der Waals surface area contributed by atoms with Crippen molar-refractivity contribution in [2.45, 2.75) is 37.2 Å². The molecule has 24 heavy (non-hydrogen) atoms. The molecular formula is C18H21BrClNO2S. The summed E-state index contributed by atoms with van der Waals surface area (Å²) in [5.41, 5.74) is 1.01. The molecule has 0 heterocycles. The molecule has 0 aliphatic heterocycles. The average Bonchev–Trinajstić information content (AvgIpc) is 3.38. The third-order valence-corrected chi connectivity index (χ3v) is 6.76. The Balaban J connectivity index is 0.00000208. The molecule has 2 aromatic rings. The van der Waals surface area contributed by atoms with Crippen LogP contribution in [0.2, 0.25) is 0 Å². The molecule has 1 unspecified atom stereocenters. The van der Waals surface area contributed by atoms with E-state index in [-0.39, 0.29) is 18.4 Å². The Bertz CT molecular complexity index is 779. The van der Waals surface area contributed by atoms with Crippen LogP contribution in [0.5, 0.6) is 0 Å². The van der Waals surface area contributed by atoms with Gasteiger partial charge in [-0.15, -0.1) is 12.4 Å². The zero-order chi connectivity index (χ0) is 16.4. The Morgan fingerprint density at radius 1 is 1.12 bits per heavy atom. The molecule has 1 aliphatic rings. The second-order valence-electron chi connectivity index (χ2n) is 6.07. The maximum atomic E-state index is 13.2. The van der Waals surface area contributed by atoms with Gasteiger partial charge in [-0.25, -0.2) is 8.42 Å². The van der Waals surface area contributed by atoms with Gasteiger partial charge in [0.2, 0.25) is 10.0 Å². The van der Waals surface area contributed by atoms with E-state index in [0.717, 1.165) is 22.9 Å². The van der Waals surface area contributed by atoms with Crippen molar-refractivity contribution in [2.24, 2.45) is 5.92 Å². The molecule has 0 amide bonds. The summed E-state index contributed by atoms with van der Waals surface area (Å²) in [7, 11) is -3.52. The standard InChI is InChI=1S/C18H20BrNO2S.ClH/c1-14(16-10-11-16)20(13-15-6-3-2-4-7-15)23(21,22)18-9-5-8-17(19)12-18;/h2-9,12,14,16H,10-11,13H2,1H3;1H. The van der Waals surface area contributed by atoms with Crippen LogP contribution in [-0.2, 0) is 16.6 Å². The Labute approximate surface area is 158 Å². The first-order valence-electron chi connectivity index (χ1n) is 7.80. The summed E-state index contributed by atoms with van der Waals surface area (Å²) in [5.74, 6) is 0.473. The summed E-state index contributed by atoms with van der Waals surface area (Å²) in [4.78, 5) is 0.343. The van der Waals surface area contributed by atoms with E-state index in [1.807, 2.05) is 43.3 Å². The van der Waals surface area contributed by atoms with E-state index < -0.39 is 10.0 Å². The molecule has 1 saturated carbocycles. The smallest absolute Gasteiger partial charge is 0.207 e. The number of halogens is 2. The van der Waals surface area contributed by atoms with E-state index >= 15 is 0 Å². The molecule has 1 atom stereocenters. The first-order valence-corrected chi connectivity index (χ1v) is 10.0. The third kappa shape index (κ3) is 4.39. The van der Waals surface area contributed by atoms with Crippen LogP contribution in [0.4, 0.5) is 0 Å². The van der Waals surface area contributed by atoms with Crippen LogP contribution in [-0.4, -0.2) is 18.8 Å². The molecule has 1 aliphatic carbocycles. The van der Waals surface area contributed by atoms with Crippen molar-refractivity contribution in [1.29, 1.82) is 0 Å². The molecular weight excluding hydrogens is 410 g/mol. The number of sulfonamides is 1. The fourth-order valence-corrected chi connectivity index (χ4v) is 5.06. The van der Waals surface area contributed by atoms with Crippen molar-refractivity contribution in [2.75, 3.05) is 0 Å². The van der Waals surface area contributed by atoms with Gasteiger partial charge in [0.05, 0.1) is 4.90 Å². The van der Waals surface area contributed by atoms with E-state index in [4.69, 9.17) is 0 Å². The van der Waals surface area contributed by atoms with Gasteiger partial charge in [0.15, 0.2) is 0 Å². The molecule has 3 nitrogen and oxygen atoms in total. The molecule has 0 N–H and O–H groups in total. The van der Waals surface area contributed by atoms with Gasteiger partial charge in [-0.1, -0.05) is 52.3 Å². The lowest BCUT2D eigenvalue weighted by molar-refractivity contribution is 0.303. The van der Waals surface area contributed by atoms with Crippen LogP contribution in [0.25, 0.3) is 0 Å². The molecule has 3 rings (SSSR count). The topological polar surface area (TPSA) is 37.4 Å². The van der Waals surface area contributed by atoms with E-state index in [9.17, 15) is 8.42 Å². The maximum Gasteiger partial charge on any atom is 0.243 e. The van der Waals surface area contributed by atoms with Crippen LogP contribution in [0, 0.1) is 5.92 Å². The lowest BCUT2D eigenvalue weighted by atomic mass is 10.2. The van der Waals surface area contributed by atoms with Crippen LogP contribution in [0.15, 0.2) is 64.0 Å². The molecule has 6 heteroatoms. The predicted molar refractivity (Wildman–Crippen MR) is 103 cm³/mol. The lowest BCUT2D eigenvalue weighted by Crippen LogP contribution is -2.39. The largest absolute Gasteiger partial charge is 0.243 e. The summed E-state index contributed by atoms with van der Waals surface area (Å²) in [6.07, 6.45) is 2.22. The Kier molecular flexibility index (Phi) is 6.48. The Hall–Kier alpha value is -0.880. The van der Waals surface area contributed by atoms with Crippen molar-refractivity contribution in [3.8, 4) is 0 Å². The molecule has 0 aromatic heterocycles. The highest BCUT2D eigenvalue weighted by Crippen LogP contribution is 2.38. The zero-order valence-electron chi connectivity index (χ0n) is 13.4. The maximum absolute atomic E-state index is 13.2. The molecule has 0 saturated heterocycles. The lowest BCUT2D eigenvalue weighted by Gasteiger charge is -2.28. The number of hydrogen-bond donors (Lipinski definition) is 0. The minimum atomic E-state index is -3.52. The van der Waals surface area contributed by atoms with Crippen LogP contribution >= 0.6 is 28.3 Å². The van der Waals surface area contributed by atoms with Gasteiger partial charge in [0.1, 0.15) is 0 Å². The van der Waals surface area contributed by atoms with Crippen molar-refractivity contribution >= 4 is 38.4 Å². The molecule has 1 fully saturated rings. The van der Waals surface area contributed by atoms with E-state index in [1.165, 1.54) is 0 Å². The number of hydrogen-bond acceptors (Lipinski definition) is 2. The second-order valence-corrected chi connectivity index (χ2v) is 8.88. The first-order chi connectivity index (χ1) is 11.0. The summed E-state index contributed by atoms with van der Waals surface area (Å²) in [5, 5.41) is 0. The summed E-state index contributed by atoms with van der Waals surface area (Å²) < 4.78 is 28.8. The molecule has 0 radical (unpaired) electrons. The van der Waals surface area contributed by atoms with Crippen molar-refractivity contribution in [3.05, 3.63) is 64.6 Å². The fraction of sp³-hybridized carbons (Fsp3) is 0.333. The van der Waals surface area contributed by atoms with Gasteiger partial charge in [-0.3, -0.25) is 0 Å². The number of benzene rings is 2. The summed E-state index contributed by atoms with van der Waals surface area (Å²) in [6.45, 7) is 2.43. The Morgan fingerprint density at radius 3 is 2.38 bits per heavy atom. The molecule has 0 spiro atoms. The SMILES string of the molecule is CC(C1CC1)N(Cc1ccccc1)S(=O)(=O)c1cccc(Br)c1.Cl. The van der Waals surface area contributed by atoms with E-state index in [1.54, 1.807) is 22.5 Å². The molecule has 130 valence electrons. The highest BCUT2D eigenvalue weighted by atomic mass is 79.9. The van der Waals surface area contributed by atoms with Crippen molar-refractivity contribution in [3.63, 3.8) is 0 Å². The predicted octanol–water partition coefficient (Wildman–Crippen LogP) is 4.86. The van der Waals surface area contributed by atoms with Gasteiger partial charge >= 0.3 is 0 Å². The summed E-state index contributed by atoms with van der Waals surface area (Å²) >= 11 is 3.37. The first kappa shape index (κ1) is 19.4. The van der Waals surface area contributed by atoms with Gasteiger partial charge in [0.25, 0.3) is 0 Å². The van der Waals surface area contributed by atoms with Gasteiger partial charge < -0.3 is 0 Å². The summed E-state index contributed by atoms with van der Waals surface area (Å²) in [6, 6.07) is 16.7. The molecule has 2 aromatic carbocycles. The van der Waals surface area contributed by atoms with Gasteiger partial charge in [0, 0.05) is 17.1 Å². The van der Waals surface area contributed by atoms with Crippen LogP contribution in [0.1, 0.15) is 25.3 Å². The van der Waals surface area contributed by atoms with Gasteiger partial charge in [-0.2, -0.15) is 4.31 Å². The van der Waals surface area contributed by atoms with E-state index in [0.29, 0.717) is 17.4 Å². The number of nitrogens with zero attached hydrogens (tertiary/aromatic N) is 1. The van der Waals surface area contributed by atoms with Crippen molar-refractivity contribution < 1.29 is 8.42 Å². The van der Waals surface area contributed by atoms with Crippen LogP contribution in [0.3, 0.4) is 0 Å². The molecule has 0 bridgehead atoms. The minimum Gasteiger partial charge on any atom is -0.207 e. The normalized spacial score (nSPS) is 15.8. The zero-order valence-corrected chi connectivity index (χ0v) is 16.6. The quantitative estimate of drug-likeness (QED) is 0.656. The minimum absolute atomic E-state index is 0. The van der Waals surface area contributed by atoms with Crippen molar-refractivity contribution in [1.82, 2.24) is 4.31 Å².